The molecule has 2 saturated heterocycles. The molecule has 0 saturated carbocycles. The zero-order chi connectivity index (χ0) is 15.4. The Bertz CT molecular complexity index is 380. The second-order valence-electron chi connectivity index (χ2n) is 6.36. The van der Waals surface area contributed by atoms with Crippen LogP contribution in [0.2, 0.25) is 0 Å². The summed E-state index contributed by atoms with van der Waals surface area (Å²) in [6.45, 7) is 8.95. The van der Waals surface area contributed by atoms with Crippen molar-refractivity contribution in [3.63, 3.8) is 0 Å². The van der Waals surface area contributed by atoms with Crippen LogP contribution in [0.3, 0.4) is 0 Å². The van der Waals surface area contributed by atoms with Gasteiger partial charge in [-0.15, -0.1) is 0 Å². The molecule has 0 bridgehead atoms. The summed E-state index contributed by atoms with van der Waals surface area (Å²) in [6, 6.07) is 0. The van der Waals surface area contributed by atoms with Crippen LogP contribution in [0.1, 0.15) is 20.3 Å². The lowest BCUT2D eigenvalue weighted by molar-refractivity contribution is -0.143. The molecule has 0 unspecified atom stereocenters. The fourth-order valence-electron chi connectivity index (χ4n) is 3.21. The number of hydrogen-bond acceptors (Lipinski definition) is 4. The third kappa shape index (κ3) is 4.17. The molecule has 0 spiro atoms. The van der Waals surface area contributed by atoms with E-state index in [1.807, 2.05) is 13.8 Å². The number of ether oxygens (including phenoxy) is 1. The van der Waals surface area contributed by atoms with Crippen molar-refractivity contribution in [1.82, 2.24) is 9.80 Å². The molecule has 0 aromatic heterocycles. The van der Waals surface area contributed by atoms with E-state index in [2.05, 4.69) is 4.90 Å². The second kappa shape index (κ2) is 7.22. The molecule has 1 amide bonds. The number of rotatable bonds is 5. The zero-order valence-electron chi connectivity index (χ0n) is 13.0. The molecule has 6 heteroatoms. The van der Waals surface area contributed by atoms with Crippen LogP contribution in [0.4, 0.5) is 0 Å². The van der Waals surface area contributed by atoms with E-state index in [9.17, 15) is 14.7 Å². The van der Waals surface area contributed by atoms with Gasteiger partial charge in [0.25, 0.3) is 0 Å². The van der Waals surface area contributed by atoms with E-state index < -0.39 is 11.9 Å². The molecule has 2 rings (SSSR count). The van der Waals surface area contributed by atoms with Crippen LogP contribution >= 0.6 is 0 Å². The van der Waals surface area contributed by atoms with Crippen LogP contribution < -0.4 is 0 Å². The maximum Gasteiger partial charge on any atom is 0.308 e. The smallest absolute Gasteiger partial charge is 0.308 e. The Morgan fingerprint density at radius 2 is 1.90 bits per heavy atom. The molecule has 1 N–H and O–H groups in total. The van der Waals surface area contributed by atoms with Gasteiger partial charge in [-0.25, -0.2) is 0 Å². The van der Waals surface area contributed by atoms with Crippen molar-refractivity contribution in [2.75, 3.05) is 45.9 Å². The first kappa shape index (κ1) is 16.2. The van der Waals surface area contributed by atoms with Gasteiger partial charge in [0.15, 0.2) is 0 Å². The minimum absolute atomic E-state index is 0.0647. The third-order valence-corrected chi connectivity index (χ3v) is 4.64. The third-order valence-electron chi connectivity index (χ3n) is 4.64. The van der Waals surface area contributed by atoms with E-state index in [-0.39, 0.29) is 17.7 Å². The summed E-state index contributed by atoms with van der Waals surface area (Å²) in [4.78, 5) is 27.6. The Hall–Kier alpha value is -1.14. The molecule has 2 aliphatic rings. The highest BCUT2D eigenvalue weighted by Crippen LogP contribution is 2.30. The number of carboxylic acid groups (broad SMARTS) is 1. The van der Waals surface area contributed by atoms with E-state index in [1.165, 1.54) is 0 Å². The lowest BCUT2D eigenvalue weighted by Gasteiger charge is -2.27. The van der Waals surface area contributed by atoms with Gasteiger partial charge in [-0.2, -0.15) is 0 Å². The van der Waals surface area contributed by atoms with Crippen LogP contribution in [0, 0.1) is 17.8 Å². The predicted octanol–water partition coefficient (Wildman–Crippen LogP) is 0.524. The number of carbonyl (C=O) groups is 2. The quantitative estimate of drug-likeness (QED) is 0.801. The van der Waals surface area contributed by atoms with Crippen LogP contribution in [-0.4, -0.2) is 72.7 Å². The fraction of sp³-hybridized carbons (Fsp3) is 0.867. The van der Waals surface area contributed by atoms with Crippen LogP contribution in [0.15, 0.2) is 0 Å². The van der Waals surface area contributed by atoms with E-state index in [1.54, 1.807) is 4.90 Å². The normalized spacial score (nSPS) is 27.3. The van der Waals surface area contributed by atoms with Crippen molar-refractivity contribution in [1.29, 1.82) is 0 Å². The number of morpholine rings is 1. The van der Waals surface area contributed by atoms with E-state index in [0.717, 1.165) is 32.8 Å². The van der Waals surface area contributed by atoms with Gasteiger partial charge in [0.1, 0.15) is 0 Å². The molecule has 6 nitrogen and oxygen atoms in total. The zero-order valence-corrected chi connectivity index (χ0v) is 13.0. The highest BCUT2D eigenvalue weighted by molar-refractivity contribution is 5.79. The maximum absolute atomic E-state index is 12.3. The second-order valence-corrected chi connectivity index (χ2v) is 6.36. The van der Waals surface area contributed by atoms with Gasteiger partial charge in [0.2, 0.25) is 5.91 Å². The Morgan fingerprint density at radius 3 is 2.43 bits per heavy atom. The SMILES string of the molecule is CC(C)[C@@H]1CN(C(=O)CCN2CCOCC2)C[C@H]1C(=O)O. The van der Waals surface area contributed by atoms with Gasteiger partial charge in [-0.1, -0.05) is 13.8 Å². The standard InChI is InChI=1S/C15H26N2O4/c1-11(2)12-9-17(10-13(12)15(19)20)14(18)3-4-16-5-7-21-8-6-16/h11-13H,3-10H2,1-2H3,(H,19,20)/t12-,13+/m0/s1. The first-order chi connectivity index (χ1) is 9.99. The highest BCUT2D eigenvalue weighted by atomic mass is 16.5. The van der Waals surface area contributed by atoms with E-state index in [0.29, 0.717) is 19.5 Å². The number of amides is 1. The van der Waals surface area contributed by atoms with Crippen LogP contribution in [-0.2, 0) is 14.3 Å². The molecule has 2 heterocycles. The Kier molecular flexibility index (Phi) is 5.58. The minimum atomic E-state index is -0.780. The molecule has 0 aliphatic carbocycles. The number of carboxylic acids is 1. The van der Waals surface area contributed by atoms with Crippen molar-refractivity contribution in [2.45, 2.75) is 20.3 Å². The summed E-state index contributed by atoms with van der Waals surface area (Å²) in [7, 11) is 0. The maximum atomic E-state index is 12.3. The molecule has 0 aromatic carbocycles. The predicted molar refractivity (Wildman–Crippen MR) is 77.9 cm³/mol. The lowest BCUT2D eigenvalue weighted by atomic mass is 9.86. The number of carbonyl (C=O) groups excluding carboxylic acids is 1. The Labute approximate surface area is 126 Å². The number of likely N-dealkylation sites (tertiary alicyclic amines) is 1. The van der Waals surface area contributed by atoms with Gasteiger partial charge in [-0.05, 0) is 11.8 Å². The van der Waals surface area contributed by atoms with Crippen molar-refractivity contribution in [3.05, 3.63) is 0 Å². The van der Waals surface area contributed by atoms with Crippen molar-refractivity contribution >= 4 is 11.9 Å². The molecule has 0 radical (unpaired) electrons. The van der Waals surface area contributed by atoms with Gasteiger partial charge < -0.3 is 14.7 Å². The number of nitrogens with zero attached hydrogens (tertiary/aromatic N) is 2. The molecular weight excluding hydrogens is 272 g/mol. The van der Waals surface area contributed by atoms with Crippen molar-refractivity contribution < 1.29 is 19.4 Å². The highest BCUT2D eigenvalue weighted by Gasteiger charge is 2.40. The first-order valence-corrected chi connectivity index (χ1v) is 7.79. The molecule has 0 aromatic rings. The average Bonchev–Trinajstić information content (AvgIpc) is 2.91. The number of hydrogen-bond donors (Lipinski definition) is 1. The van der Waals surface area contributed by atoms with E-state index in [4.69, 9.17) is 4.74 Å². The summed E-state index contributed by atoms with van der Waals surface area (Å²) >= 11 is 0. The van der Waals surface area contributed by atoms with Crippen LogP contribution in [0.25, 0.3) is 0 Å². The minimum Gasteiger partial charge on any atom is -0.481 e. The van der Waals surface area contributed by atoms with Gasteiger partial charge >= 0.3 is 5.97 Å². The Balaban J connectivity index is 1.83. The summed E-state index contributed by atoms with van der Waals surface area (Å²) in [5.41, 5.74) is 0. The topological polar surface area (TPSA) is 70.1 Å². The van der Waals surface area contributed by atoms with Crippen LogP contribution in [0.5, 0.6) is 0 Å². The average molecular weight is 298 g/mol. The summed E-state index contributed by atoms with van der Waals surface area (Å²) in [6.07, 6.45) is 0.469. The fourth-order valence-corrected chi connectivity index (χ4v) is 3.21. The number of aliphatic carboxylic acids is 1. The summed E-state index contributed by atoms with van der Waals surface area (Å²) < 4.78 is 5.28. The van der Waals surface area contributed by atoms with Gasteiger partial charge in [-0.3, -0.25) is 14.5 Å². The summed E-state index contributed by atoms with van der Waals surface area (Å²) in [5.74, 6) is -0.775. The Morgan fingerprint density at radius 1 is 1.24 bits per heavy atom. The van der Waals surface area contributed by atoms with Gasteiger partial charge in [0.05, 0.1) is 19.1 Å². The van der Waals surface area contributed by atoms with Crippen molar-refractivity contribution in [3.8, 4) is 0 Å². The largest absolute Gasteiger partial charge is 0.481 e. The molecule has 120 valence electrons. The lowest BCUT2D eigenvalue weighted by Crippen LogP contribution is -2.39. The molecular formula is C15H26N2O4. The van der Waals surface area contributed by atoms with Gasteiger partial charge in [0, 0.05) is 39.1 Å². The molecule has 21 heavy (non-hydrogen) atoms. The monoisotopic (exact) mass is 298 g/mol. The molecule has 2 aliphatic heterocycles. The molecule has 2 atom stereocenters. The molecule has 2 fully saturated rings. The van der Waals surface area contributed by atoms with Crippen molar-refractivity contribution in [2.24, 2.45) is 17.8 Å². The van der Waals surface area contributed by atoms with E-state index >= 15 is 0 Å². The summed E-state index contributed by atoms with van der Waals surface area (Å²) in [5, 5.41) is 9.31. The first-order valence-electron chi connectivity index (χ1n) is 7.79.